The lowest BCUT2D eigenvalue weighted by molar-refractivity contribution is 0.0954. The summed E-state index contributed by atoms with van der Waals surface area (Å²) in [6.45, 7) is 6.74. The molecule has 4 rings (SSSR count). The molecule has 7 heteroatoms. The summed E-state index contributed by atoms with van der Waals surface area (Å²) in [5.74, 6) is -0.212. The maximum absolute atomic E-state index is 13.2. The number of nitrogens with zero attached hydrogens (tertiary/aromatic N) is 3. The van der Waals surface area contributed by atoms with Gasteiger partial charge in [0, 0.05) is 39.8 Å². The van der Waals surface area contributed by atoms with Crippen molar-refractivity contribution < 1.29 is 4.79 Å². The van der Waals surface area contributed by atoms with Crippen LogP contribution in [0.5, 0.6) is 0 Å². The molecule has 2 aromatic carbocycles. The Labute approximate surface area is 197 Å². The van der Waals surface area contributed by atoms with E-state index in [-0.39, 0.29) is 11.3 Å². The zero-order valence-electron chi connectivity index (χ0n) is 18.2. The first kappa shape index (κ1) is 22.3. The van der Waals surface area contributed by atoms with Gasteiger partial charge in [-0.2, -0.15) is 5.10 Å². The van der Waals surface area contributed by atoms with Crippen molar-refractivity contribution in [3.63, 3.8) is 0 Å². The molecular formula is C25H24Cl2N4O. The van der Waals surface area contributed by atoms with E-state index in [0.717, 1.165) is 16.8 Å². The number of carbonyl (C=O) groups excluding carboxylic acids is 1. The second-order valence-electron chi connectivity index (χ2n) is 8.68. The quantitative estimate of drug-likeness (QED) is 0.393. The van der Waals surface area contributed by atoms with Gasteiger partial charge in [-0.15, -0.1) is 0 Å². The van der Waals surface area contributed by atoms with Crippen LogP contribution in [0.3, 0.4) is 0 Å². The molecule has 0 saturated heterocycles. The van der Waals surface area contributed by atoms with Crippen LogP contribution in [0, 0.1) is 0 Å². The summed E-state index contributed by atoms with van der Waals surface area (Å²) in [4.78, 5) is 17.7. The molecule has 2 heterocycles. The first-order valence-corrected chi connectivity index (χ1v) is 11.2. The fourth-order valence-electron chi connectivity index (χ4n) is 3.47. The third-order valence-electron chi connectivity index (χ3n) is 5.24. The summed E-state index contributed by atoms with van der Waals surface area (Å²) >= 11 is 12.2. The molecule has 0 saturated carbocycles. The molecular weight excluding hydrogens is 443 g/mol. The number of amides is 1. The first-order chi connectivity index (χ1) is 15.2. The van der Waals surface area contributed by atoms with Gasteiger partial charge in [0.25, 0.3) is 5.91 Å². The number of carbonyl (C=O) groups is 1. The molecule has 0 aliphatic rings. The standard InChI is InChI=1S/C25H24Cl2N4O/c1-25(2,3)21-14-22-29-15-19(23(31(22)30-21)17-7-5-4-6-8-17)24(32)28-12-11-16-9-10-18(26)13-20(16)27/h4-10,13-15H,11-12H2,1-3H3,(H,28,32). The third kappa shape index (κ3) is 4.64. The molecule has 32 heavy (non-hydrogen) atoms. The van der Waals surface area contributed by atoms with Crippen LogP contribution >= 0.6 is 23.2 Å². The number of nitrogens with one attached hydrogen (secondary N) is 1. The fraction of sp³-hybridized carbons (Fsp3) is 0.240. The summed E-state index contributed by atoms with van der Waals surface area (Å²) in [5, 5.41) is 8.96. The maximum atomic E-state index is 13.2. The van der Waals surface area contributed by atoms with Crippen LogP contribution in [0.2, 0.25) is 10.0 Å². The average Bonchev–Trinajstić information content (AvgIpc) is 3.20. The van der Waals surface area contributed by atoms with Crippen molar-refractivity contribution in [2.24, 2.45) is 0 Å². The lowest BCUT2D eigenvalue weighted by Gasteiger charge is -2.14. The minimum atomic E-state index is -0.212. The number of halogens is 2. The van der Waals surface area contributed by atoms with Crippen molar-refractivity contribution in [1.82, 2.24) is 19.9 Å². The Bertz CT molecular complexity index is 1280. The zero-order chi connectivity index (χ0) is 22.9. The molecule has 4 aromatic rings. The summed E-state index contributed by atoms with van der Waals surface area (Å²) in [7, 11) is 0. The predicted octanol–water partition coefficient (Wildman–Crippen LogP) is 5.97. The summed E-state index contributed by atoms with van der Waals surface area (Å²) in [5.41, 5.74) is 4.49. The van der Waals surface area contributed by atoms with Crippen molar-refractivity contribution in [3.05, 3.63) is 87.7 Å². The minimum Gasteiger partial charge on any atom is -0.352 e. The molecule has 0 bridgehead atoms. The summed E-state index contributed by atoms with van der Waals surface area (Å²) < 4.78 is 1.76. The Hall–Kier alpha value is -2.89. The van der Waals surface area contributed by atoms with Gasteiger partial charge in [-0.1, -0.05) is 80.4 Å². The van der Waals surface area contributed by atoms with Gasteiger partial charge >= 0.3 is 0 Å². The normalized spacial score (nSPS) is 11.7. The van der Waals surface area contributed by atoms with E-state index in [4.69, 9.17) is 28.3 Å². The van der Waals surface area contributed by atoms with E-state index >= 15 is 0 Å². The minimum absolute atomic E-state index is 0.137. The number of aromatic nitrogens is 3. The number of rotatable bonds is 5. The van der Waals surface area contributed by atoms with Crippen molar-refractivity contribution in [1.29, 1.82) is 0 Å². The Morgan fingerprint density at radius 3 is 2.50 bits per heavy atom. The third-order valence-corrected chi connectivity index (χ3v) is 5.83. The molecule has 5 nitrogen and oxygen atoms in total. The molecule has 0 aliphatic heterocycles. The summed E-state index contributed by atoms with van der Waals surface area (Å²) in [6, 6.07) is 17.1. The number of fused-ring (bicyclic) bond motifs is 1. The van der Waals surface area contributed by atoms with E-state index in [2.05, 4.69) is 31.1 Å². The van der Waals surface area contributed by atoms with Crippen LogP contribution in [0.15, 0.2) is 60.8 Å². The van der Waals surface area contributed by atoms with E-state index < -0.39 is 0 Å². The van der Waals surface area contributed by atoms with Gasteiger partial charge in [0.1, 0.15) is 0 Å². The van der Waals surface area contributed by atoms with Crippen molar-refractivity contribution in [2.45, 2.75) is 32.6 Å². The molecule has 1 amide bonds. The molecule has 0 unspecified atom stereocenters. The number of hydrogen-bond donors (Lipinski definition) is 1. The number of hydrogen-bond acceptors (Lipinski definition) is 3. The molecule has 0 atom stereocenters. The van der Waals surface area contributed by atoms with Gasteiger partial charge in [-0.05, 0) is 24.1 Å². The van der Waals surface area contributed by atoms with E-state index in [1.165, 1.54) is 0 Å². The van der Waals surface area contributed by atoms with Crippen LogP contribution in [-0.4, -0.2) is 27.0 Å². The maximum Gasteiger partial charge on any atom is 0.255 e. The van der Waals surface area contributed by atoms with Crippen LogP contribution < -0.4 is 5.32 Å². The molecule has 0 fully saturated rings. The van der Waals surface area contributed by atoms with Crippen LogP contribution in [0.4, 0.5) is 0 Å². The van der Waals surface area contributed by atoms with Gasteiger partial charge in [0.15, 0.2) is 5.65 Å². The lowest BCUT2D eigenvalue weighted by Crippen LogP contribution is -2.27. The molecule has 164 valence electrons. The Morgan fingerprint density at radius 1 is 1.06 bits per heavy atom. The Morgan fingerprint density at radius 2 is 1.81 bits per heavy atom. The van der Waals surface area contributed by atoms with E-state index in [1.54, 1.807) is 22.8 Å². The lowest BCUT2D eigenvalue weighted by atomic mass is 9.93. The molecule has 2 aromatic heterocycles. The first-order valence-electron chi connectivity index (χ1n) is 10.4. The monoisotopic (exact) mass is 466 g/mol. The second-order valence-corrected chi connectivity index (χ2v) is 9.52. The van der Waals surface area contributed by atoms with E-state index in [0.29, 0.717) is 39.9 Å². The zero-order valence-corrected chi connectivity index (χ0v) is 19.7. The van der Waals surface area contributed by atoms with Crippen molar-refractivity contribution in [2.75, 3.05) is 6.54 Å². The smallest absolute Gasteiger partial charge is 0.255 e. The highest BCUT2D eigenvalue weighted by Crippen LogP contribution is 2.28. The van der Waals surface area contributed by atoms with E-state index in [1.807, 2.05) is 42.5 Å². The van der Waals surface area contributed by atoms with Crippen molar-refractivity contribution >= 4 is 34.8 Å². The van der Waals surface area contributed by atoms with Crippen LogP contribution in [0.25, 0.3) is 16.9 Å². The SMILES string of the molecule is CC(C)(C)c1cc2ncc(C(=O)NCCc3ccc(Cl)cc3Cl)c(-c3ccccc3)n2n1. The highest BCUT2D eigenvalue weighted by molar-refractivity contribution is 6.35. The van der Waals surface area contributed by atoms with Gasteiger partial charge in [0.05, 0.1) is 17.0 Å². The van der Waals surface area contributed by atoms with Gasteiger partial charge in [0.2, 0.25) is 0 Å². The molecule has 0 radical (unpaired) electrons. The topological polar surface area (TPSA) is 59.3 Å². The van der Waals surface area contributed by atoms with E-state index in [9.17, 15) is 4.79 Å². The average molecular weight is 467 g/mol. The highest BCUT2D eigenvalue weighted by atomic mass is 35.5. The predicted molar refractivity (Wildman–Crippen MR) is 130 cm³/mol. The van der Waals surface area contributed by atoms with Crippen LogP contribution in [-0.2, 0) is 11.8 Å². The van der Waals surface area contributed by atoms with Gasteiger partial charge in [-0.3, -0.25) is 4.79 Å². The Balaban J connectivity index is 1.67. The second kappa shape index (κ2) is 8.93. The largest absolute Gasteiger partial charge is 0.352 e. The Kier molecular flexibility index (Phi) is 6.22. The number of benzene rings is 2. The fourth-order valence-corrected chi connectivity index (χ4v) is 3.97. The van der Waals surface area contributed by atoms with Gasteiger partial charge < -0.3 is 5.32 Å². The molecule has 0 aliphatic carbocycles. The highest BCUT2D eigenvalue weighted by Gasteiger charge is 2.23. The molecule has 0 spiro atoms. The molecule has 1 N–H and O–H groups in total. The van der Waals surface area contributed by atoms with Crippen molar-refractivity contribution in [3.8, 4) is 11.3 Å². The summed E-state index contributed by atoms with van der Waals surface area (Å²) in [6.07, 6.45) is 2.21. The van der Waals surface area contributed by atoms with Crippen LogP contribution in [0.1, 0.15) is 42.4 Å². The van der Waals surface area contributed by atoms with Gasteiger partial charge in [-0.25, -0.2) is 9.50 Å².